The van der Waals surface area contributed by atoms with Crippen LogP contribution in [0.1, 0.15) is 46.0 Å². The maximum atomic E-state index is 12.7. The second-order valence-corrected chi connectivity index (χ2v) is 6.21. The van der Waals surface area contributed by atoms with Gasteiger partial charge in [-0.3, -0.25) is 4.79 Å². The molecule has 0 bridgehead atoms. The van der Waals surface area contributed by atoms with Gasteiger partial charge in [-0.25, -0.2) is 0 Å². The van der Waals surface area contributed by atoms with E-state index in [4.69, 9.17) is 0 Å². The first-order chi connectivity index (χ1) is 9.54. The fourth-order valence-electron chi connectivity index (χ4n) is 3.78. The summed E-state index contributed by atoms with van der Waals surface area (Å²) in [6, 6.07) is 5.40. The van der Waals surface area contributed by atoms with Crippen LogP contribution in [-0.4, -0.2) is 22.6 Å². The minimum atomic E-state index is -0.437. The van der Waals surface area contributed by atoms with Gasteiger partial charge in [0.1, 0.15) is 11.3 Å². The molecular weight excluding hydrogens is 252 g/mol. The maximum Gasteiger partial charge on any atom is 0.250 e. The normalized spacial score (nSPS) is 20.9. The fraction of sp³-hybridized carbons (Fsp3) is 0.562. The predicted molar refractivity (Wildman–Crippen MR) is 80.2 cm³/mol. The van der Waals surface area contributed by atoms with Gasteiger partial charge in [0.25, 0.3) is 0 Å². The van der Waals surface area contributed by atoms with E-state index in [0.29, 0.717) is 0 Å². The van der Waals surface area contributed by atoms with Gasteiger partial charge in [-0.15, -0.1) is 0 Å². The third-order valence-electron chi connectivity index (χ3n) is 4.57. The average molecular weight is 274 g/mol. The van der Waals surface area contributed by atoms with Crippen molar-refractivity contribution in [2.24, 2.45) is 0 Å². The second-order valence-electron chi connectivity index (χ2n) is 6.21. The van der Waals surface area contributed by atoms with Crippen LogP contribution in [0.4, 0.5) is 11.4 Å². The molecule has 20 heavy (non-hydrogen) atoms. The summed E-state index contributed by atoms with van der Waals surface area (Å²) in [5.41, 5.74) is 1.31. The molecule has 1 aromatic rings. The smallest absolute Gasteiger partial charge is 0.250 e. The van der Waals surface area contributed by atoms with Crippen molar-refractivity contribution < 1.29 is 9.90 Å². The summed E-state index contributed by atoms with van der Waals surface area (Å²) >= 11 is 0. The molecule has 0 unspecified atom stereocenters. The van der Waals surface area contributed by atoms with Crippen LogP contribution in [0.5, 0.6) is 5.75 Å². The number of benzene rings is 1. The summed E-state index contributed by atoms with van der Waals surface area (Å²) < 4.78 is 0. The number of carbonyl (C=O) groups is 1. The second kappa shape index (κ2) is 4.69. The van der Waals surface area contributed by atoms with Crippen molar-refractivity contribution in [2.45, 2.75) is 57.5 Å². The van der Waals surface area contributed by atoms with Crippen LogP contribution in [0.3, 0.4) is 0 Å². The van der Waals surface area contributed by atoms with Gasteiger partial charge in [-0.2, -0.15) is 0 Å². The SMILES string of the molecule is CC(C)N1c2cc(O)ccc2NC(=O)C12CCCCC2. The highest BCUT2D eigenvalue weighted by Gasteiger charge is 2.49. The molecule has 1 fully saturated rings. The molecule has 2 N–H and O–H groups in total. The molecule has 4 nitrogen and oxygen atoms in total. The standard InChI is InChI=1S/C16H22N2O2/c1-11(2)18-14-10-12(19)6-7-13(14)17-15(20)16(18)8-4-3-5-9-16/h6-7,10-11,19H,3-5,8-9H2,1-2H3,(H,17,20). The number of carbonyl (C=O) groups excluding carboxylic acids is 1. The third kappa shape index (κ3) is 1.86. The number of aromatic hydroxyl groups is 1. The van der Waals surface area contributed by atoms with E-state index < -0.39 is 5.54 Å². The van der Waals surface area contributed by atoms with Gasteiger partial charge in [0.2, 0.25) is 5.91 Å². The predicted octanol–water partition coefficient (Wildman–Crippen LogP) is 3.26. The lowest BCUT2D eigenvalue weighted by Gasteiger charge is -2.51. The molecule has 0 radical (unpaired) electrons. The zero-order chi connectivity index (χ0) is 14.3. The number of nitrogens with zero attached hydrogens (tertiary/aromatic N) is 1. The number of rotatable bonds is 1. The molecule has 1 amide bonds. The Morgan fingerprint density at radius 1 is 1.25 bits per heavy atom. The van der Waals surface area contributed by atoms with Crippen LogP contribution in [0, 0.1) is 0 Å². The molecule has 1 saturated carbocycles. The van der Waals surface area contributed by atoms with Crippen molar-refractivity contribution in [3.05, 3.63) is 18.2 Å². The summed E-state index contributed by atoms with van der Waals surface area (Å²) in [6.07, 6.45) is 5.17. The zero-order valence-electron chi connectivity index (χ0n) is 12.1. The highest BCUT2D eigenvalue weighted by atomic mass is 16.3. The van der Waals surface area contributed by atoms with Gasteiger partial charge < -0.3 is 15.3 Å². The van der Waals surface area contributed by atoms with E-state index in [-0.39, 0.29) is 17.7 Å². The van der Waals surface area contributed by atoms with Gasteiger partial charge in [0, 0.05) is 12.1 Å². The van der Waals surface area contributed by atoms with E-state index in [1.807, 2.05) is 0 Å². The molecule has 0 aromatic heterocycles. The topological polar surface area (TPSA) is 52.6 Å². The molecule has 1 aliphatic heterocycles. The van der Waals surface area contributed by atoms with Crippen LogP contribution in [-0.2, 0) is 4.79 Å². The average Bonchev–Trinajstić information content (AvgIpc) is 2.41. The van der Waals surface area contributed by atoms with Gasteiger partial charge in [0.05, 0.1) is 11.4 Å². The largest absolute Gasteiger partial charge is 0.508 e. The highest BCUT2D eigenvalue weighted by molar-refractivity contribution is 6.07. The van der Waals surface area contributed by atoms with Crippen molar-refractivity contribution in [1.29, 1.82) is 0 Å². The van der Waals surface area contributed by atoms with Crippen LogP contribution in [0.2, 0.25) is 0 Å². The van der Waals surface area contributed by atoms with Crippen molar-refractivity contribution in [3.8, 4) is 5.75 Å². The quantitative estimate of drug-likeness (QED) is 0.773. The van der Waals surface area contributed by atoms with E-state index in [1.54, 1.807) is 18.2 Å². The fourth-order valence-corrected chi connectivity index (χ4v) is 3.78. The van der Waals surface area contributed by atoms with Gasteiger partial charge in [0.15, 0.2) is 0 Å². The van der Waals surface area contributed by atoms with Gasteiger partial charge in [-0.1, -0.05) is 19.3 Å². The summed E-state index contributed by atoms with van der Waals surface area (Å²) in [5.74, 6) is 0.362. The number of nitrogens with one attached hydrogen (secondary N) is 1. The first kappa shape index (κ1) is 13.3. The molecule has 1 heterocycles. The molecule has 0 saturated heterocycles. The first-order valence-electron chi connectivity index (χ1n) is 7.48. The molecule has 108 valence electrons. The number of anilines is 2. The summed E-state index contributed by atoms with van der Waals surface area (Å²) in [7, 11) is 0. The molecule has 3 rings (SSSR count). The number of phenolic OH excluding ortho intramolecular Hbond substituents is 1. The summed E-state index contributed by atoms with van der Waals surface area (Å²) in [6.45, 7) is 4.23. The third-order valence-corrected chi connectivity index (χ3v) is 4.57. The maximum absolute atomic E-state index is 12.7. The van der Waals surface area contributed by atoms with Crippen LogP contribution >= 0.6 is 0 Å². The van der Waals surface area contributed by atoms with Crippen LogP contribution in [0.25, 0.3) is 0 Å². The minimum absolute atomic E-state index is 0.115. The molecule has 2 aliphatic rings. The van der Waals surface area contributed by atoms with E-state index in [0.717, 1.165) is 37.1 Å². The molecule has 0 atom stereocenters. The van der Waals surface area contributed by atoms with E-state index in [9.17, 15) is 9.90 Å². The van der Waals surface area contributed by atoms with Crippen molar-refractivity contribution in [1.82, 2.24) is 0 Å². The summed E-state index contributed by atoms with van der Waals surface area (Å²) in [4.78, 5) is 14.9. The number of hydrogen-bond donors (Lipinski definition) is 2. The summed E-state index contributed by atoms with van der Waals surface area (Å²) in [5, 5.41) is 12.8. The number of fused-ring (bicyclic) bond motifs is 1. The molecule has 1 aromatic carbocycles. The van der Waals surface area contributed by atoms with Crippen LogP contribution < -0.4 is 10.2 Å². The minimum Gasteiger partial charge on any atom is -0.508 e. The number of phenols is 1. The number of hydrogen-bond acceptors (Lipinski definition) is 3. The number of amides is 1. The molecule has 4 heteroatoms. The molecular formula is C16H22N2O2. The Morgan fingerprint density at radius 2 is 1.95 bits per heavy atom. The van der Waals surface area contributed by atoms with E-state index in [1.165, 1.54) is 6.42 Å². The zero-order valence-corrected chi connectivity index (χ0v) is 12.1. The van der Waals surface area contributed by atoms with E-state index in [2.05, 4.69) is 24.1 Å². The highest BCUT2D eigenvalue weighted by Crippen LogP contribution is 2.46. The lowest BCUT2D eigenvalue weighted by Crippen LogP contribution is -2.63. The Morgan fingerprint density at radius 3 is 2.60 bits per heavy atom. The molecule has 1 spiro atoms. The Bertz CT molecular complexity index is 533. The lowest BCUT2D eigenvalue weighted by atomic mass is 9.77. The van der Waals surface area contributed by atoms with Crippen LogP contribution in [0.15, 0.2) is 18.2 Å². The van der Waals surface area contributed by atoms with Gasteiger partial charge >= 0.3 is 0 Å². The van der Waals surface area contributed by atoms with Crippen molar-refractivity contribution in [3.63, 3.8) is 0 Å². The lowest BCUT2D eigenvalue weighted by molar-refractivity contribution is -0.123. The van der Waals surface area contributed by atoms with E-state index >= 15 is 0 Å². The van der Waals surface area contributed by atoms with Crippen molar-refractivity contribution >= 4 is 17.3 Å². The van der Waals surface area contributed by atoms with Gasteiger partial charge in [-0.05, 0) is 38.8 Å². The van der Waals surface area contributed by atoms with Crippen molar-refractivity contribution in [2.75, 3.05) is 10.2 Å². The Hall–Kier alpha value is -1.71. The Balaban J connectivity index is 2.14. The first-order valence-corrected chi connectivity index (χ1v) is 7.48. The monoisotopic (exact) mass is 274 g/mol. The Labute approximate surface area is 119 Å². The Kier molecular flexibility index (Phi) is 3.11. The molecule has 1 aliphatic carbocycles.